The van der Waals surface area contributed by atoms with Crippen LogP contribution in [0.15, 0.2) is 0 Å². The molecule has 0 aromatic carbocycles. The zero-order valence-corrected chi connectivity index (χ0v) is 13.7. The van der Waals surface area contributed by atoms with Crippen LogP contribution in [0.2, 0.25) is 0 Å². The van der Waals surface area contributed by atoms with Crippen molar-refractivity contribution in [3.63, 3.8) is 0 Å². The van der Waals surface area contributed by atoms with Gasteiger partial charge in [-0.3, -0.25) is 14.5 Å². The van der Waals surface area contributed by atoms with E-state index < -0.39 is 17.5 Å². The third kappa shape index (κ3) is 2.95. The summed E-state index contributed by atoms with van der Waals surface area (Å²) in [6.45, 7) is 5.49. The van der Waals surface area contributed by atoms with Gasteiger partial charge in [-0.15, -0.1) is 0 Å². The number of rotatable bonds is 4. The van der Waals surface area contributed by atoms with Crippen molar-refractivity contribution in [3.05, 3.63) is 0 Å². The van der Waals surface area contributed by atoms with Crippen LogP contribution in [0, 0.1) is 0 Å². The molecule has 0 aromatic heterocycles. The van der Waals surface area contributed by atoms with E-state index in [4.69, 9.17) is 4.74 Å². The van der Waals surface area contributed by atoms with Crippen LogP contribution in [0.4, 0.5) is 4.79 Å². The average molecular weight is 311 g/mol. The van der Waals surface area contributed by atoms with Crippen LogP contribution in [-0.2, 0) is 14.3 Å². The molecular formula is C15H25N3O4. The van der Waals surface area contributed by atoms with Crippen LogP contribution in [0.3, 0.4) is 0 Å². The van der Waals surface area contributed by atoms with Crippen LogP contribution in [-0.4, -0.2) is 65.5 Å². The molecule has 4 amide bonds. The largest absolute Gasteiger partial charge is 0.382 e. The number of urea groups is 1. The van der Waals surface area contributed by atoms with E-state index >= 15 is 0 Å². The second-order valence-corrected chi connectivity index (χ2v) is 6.52. The molecule has 7 nitrogen and oxygen atoms in total. The highest BCUT2D eigenvalue weighted by atomic mass is 16.5. The Balaban J connectivity index is 2.08. The van der Waals surface area contributed by atoms with Crippen molar-refractivity contribution in [2.75, 3.05) is 20.3 Å². The zero-order chi connectivity index (χ0) is 16.5. The number of piperidine rings is 1. The third-order valence-electron chi connectivity index (χ3n) is 4.55. The van der Waals surface area contributed by atoms with Crippen molar-refractivity contribution in [2.24, 2.45) is 0 Å². The number of ether oxygens (including phenoxy) is 1. The molecule has 2 rings (SSSR count). The van der Waals surface area contributed by atoms with Crippen molar-refractivity contribution in [1.82, 2.24) is 15.1 Å². The first-order valence-electron chi connectivity index (χ1n) is 7.74. The maximum absolute atomic E-state index is 12.6. The van der Waals surface area contributed by atoms with E-state index in [9.17, 15) is 14.4 Å². The normalized spacial score (nSPS) is 32.4. The first-order chi connectivity index (χ1) is 10.3. The van der Waals surface area contributed by atoms with Gasteiger partial charge in [-0.05, 0) is 40.0 Å². The number of nitrogens with zero attached hydrogens (tertiary/aromatic N) is 2. The lowest BCUT2D eigenvalue weighted by Gasteiger charge is -2.39. The van der Waals surface area contributed by atoms with Gasteiger partial charge in [0, 0.05) is 19.2 Å². The van der Waals surface area contributed by atoms with E-state index in [2.05, 4.69) is 5.32 Å². The van der Waals surface area contributed by atoms with Crippen molar-refractivity contribution >= 4 is 17.8 Å². The number of hydrogen-bond acceptors (Lipinski definition) is 4. The van der Waals surface area contributed by atoms with Crippen molar-refractivity contribution < 1.29 is 19.1 Å². The van der Waals surface area contributed by atoms with Crippen molar-refractivity contribution in [3.8, 4) is 0 Å². The average Bonchev–Trinajstić information content (AvgIpc) is 2.62. The minimum absolute atomic E-state index is 0.0821. The number of nitrogens with one attached hydrogen (secondary N) is 1. The minimum atomic E-state index is -1.09. The SMILES string of the molecule is COC[C@]1(C)NC(=O)N(CC(=O)N2[C@H](C)CCC[C@H]2C)C1=O. The quantitative estimate of drug-likeness (QED) is 0.777. The highest BCUT2D eigenvalue weighted by Crippen LogP contribution is 2.24. The number of imide groups is 1. The van der Waals surface area contributed by atoms with Gasteiger partial charge in [-0.25, -0.2) is 4.79 Å². The smallest absolute Gasteiger partial charge is 0.325 e. The molecule has 0 aliphatic carbocycles. The van der Waals surface area contributed by atoms with Gasteiger partial charge in [0.1, 0.15) is 12.1 Å². The molecule has 3 atom stereocenters. The highest BCUT2D eigenvalue weighted by Gasteiger charge is 2.49. The fourth-order valence-electron chi connectivity index (χ4n) is 3.41. The summed E-state index contributed by atoms with van der Waals surface area (Å²) in [7, 11) is 1.47. The molecule has 0 radical (unpaired) electrons. The molecule has 0 spiro atoms. The Labute approximate surface area is 131 Å². The summed E-state index contributed by atoms with van der Waals surface area (Å²) < 4.78 is 4.99. The van der Waals surface area contributed by atoms with Gasteiger partial charge < -0.3 is 15.0 Å². The third-order valence-corrected chi connectivity index (χ3v) is 4.55. The van der Waals surface area contributed by atoms with Crippen LogP contribution in [0.1, 0.15) is 40.0 Å². The van der Waals surface area contributed by atoms with Crippen molar-refractivity contribution in [1.29, 1.82) is 0 Å². The van der Waals surface area contributed by atoms with Crippen LogP contribution in [0.25, 0.3) is 0 Å². The Bertz CT molecular complexity index is 471. The highest BCUT2D eigenvalue weighted by molar-refractivity contribution is 6.08. The van der Waals surface area contributed by atoms with E-state index in [1.54, 1.807) is 11.8 Å². The standard InChI is InChI=1S/C15H25N3O4/c1-10-6-5-7-11(2)18(10)12(19)8-17-13(20)15(3,9-22-4)16-14(17)21/h10-11H,5-9H2,1-4H3,(H,16,21)/t10-,11-,15+/m1/s1. The summed E-state index contributed by atoms with van der Waals surface area (Å²) in [5.74, 6) is -0.588. The number of amides is 4. The molecular weight excluding hydrogens is 286 g/mol. The Kier molecular flexibility index (Phi) is 4.75. The van der Waals surface area contributed by atoms with Gasteiger partial charge in [0.25, 0.3) is 5.91 Å². The van der Waals surface area contributed by atoms with Crippen LogP contribution >= 0.6 is 0 Å². The molecule has 7 heteroatoms. The summed E-state index contributed by atoms with van der Waals surface area (Å²) >= 11 is 0. The van der Waals surface area contributed by atoms with Crippen LogP contribution < -0.4 is 5.32 Å². The molecule has 0 saturated carbocycles. The predicted octanol–water partition coefficient (Wildman–Crippen LogP) is 0.733. The van der Waals surface area contributed by atoms with Gasteiger partial charge in [-0.2, -0.15) is 0 Å². The number of carbonyl (C=O) groups excluding carboxylic acids is 3. The Morgan fingerprint density at radius 3 is 2.45 bits per heavy atom. The Morgan fingerprint density at radius 1 is 1.32 bits per heavy atom. The van der Waals surface area contributed by atoms with E-state index in [0.29, 0.717) is 0 Å². The van der Waals surface area contributed by atoms with Crippen LogP contribution in [0.5, 0.6) is 0 Å². The summed E-state index contributed by atoms with van der Waals surface area (Å²) in [5, 5.41) is 2.60. The Hall–Kier alpha value is -1.63. The molecule has 2 aliphatic heterocycles. The number of likely N-dealkylation sites (tertiary alicyclic amines) is 1. The summed E-state index contributed by atoms with van der Waals surface area (Å²) in [5.41, 5.74) is -1.09. The van der Waals surface area contributed by atoms with Crippen molar-refractivity contribution in [2.45, 2.75) is 57.7 Å². The first-order valence-corrected chi connectivity index (χ1v) is 7.74. The molecule has 2 aliphatic rings. The second kappa shape index (κ2) is 6.24. The monoisotopic (exact) mass is 311 g/mol. The van der Waals surface area contributed by atoms with E-state index in [1.807, 2.05) is 13.8 Å². The van der Waals surface area contributed by atoms with E-state index in [-0.39, 0.29) is 31.1 Å². The lowest BCUT2D eigenvalue weighted by molar-refractivity contribution is -0.143. The van der Waals surface area contributed by atoms with Gasteiger partial charge in [0.05, 0.1) is 6.61 Å². The summed E-state index contributed by atoms with van der Waals surface area (Å²) in [4.78, 5) is 39.8. The van der Waals surface area contributed by atoms with Gasteiger partial charge in [0.15, 0.2) is 0 Å². The summed E-state index contributed by atoms with van der Waals surface area (Å²) in [6, 6.07) is -0.250. The Morgan fingerprint density at radius 2 is 1.91 bits per heavy atom. The molecule has 2 heterocycles. The first kappa shape index (κ1) is 16.7. The van der Waals surface area contributed by atoms with Gasteiger partial charge in [0.2, 0.25) is 5.91 Å². The zero-order valence-electron chi connectivity index (χ0n) is 13.7. The lowest BCUT2D eigenvalue weighted by atomic mass is 9.97. The predicted molar refractivity (Wildman–Crippen MR) is 80.1 cm³/mol. The van der Waals surface area contributed by atoms with E-state index in [0.717, 1.165) is 24.2 Å². The second-order valence-electron chi connectivity index (χ2n) is 6.52. The molecule has 124 valence electrons. The van der Waals surface area contributed by atoms with Gasteiger partial charge in [-0.1, -0.05) is 0 Å². The maximum Gasteiger partial charge on any atom is 0.325 e. The number of methoxy groups -OCH3 is 1. The lowest BCUT2D eigenvalue weighted by Crippen LogP contribution is -2.52. The molecule has 0 unspecified atom stereocenters. The molecule has 0 aromatic rings. The maximum atomic E-state index is 12.6. The number of hydrogen-bond donors (Lipinski definition) is 1. The van der Waals surface area contributed by atoms with Gasteiger partial charge >= 0.3 is 6.03 Å². The number of carbonyl (C=O) groups is 3. The molecule has 1 N–H and O–H groups in total. The fourth-order valence-corrected chi connectivity index (χ4v) is 3.41. The fraction of sp³-hybridized carbons (Fsp3) is 0.800. The molecule has 0 bridgehead atoms. The van der Waals surface area contributed by atoms with E-state index in [1.165, 1.54) is 7.11 Å². The molecule has 2 saturated heterocycles. The summed E-state index contributed by atoms with van der Waals surface area (Å²) in [6.07, 6.45) is 3.01. The molecule has 22 heavy (non-hydrogen) atoms. The topological polar surface area (TPSA) is 79.0 Å². The minimum Gasteiger partial charge on any atom is -0.382 e. The molecule has 2 fully saturated rings.